The van der Waals surface area contributed by atoms with E-state index in [1.54, 1.807) is 30.5 Å². The predicted octanol–water partition coefficient (Wildman–Crippen LogP) is 2.58. The number of nitrogens with one attached hydrogen (secondary N) is 1. The van der Waals surface area contributed by atoms with Crippen LogP contribution in [0.25, 0.3) is 11.0 Å². The summed E-state index contributed by atoms with van der Waals surface area (Å²) in [7, 11) is -3.75. The van der Waals surface area contributed by atoms with Gasteiger partial charge in [-0.15, -0.1) is 0 Å². The van der Waals surface area contributed by atoms with Crippen LogP contribution in [0.15, 0.2) is 53.7 Å². The van der Waals surface area contributed by atoms with Crippen molar-refractivity contribution < 1.29 is 18.0 Å². The van der Waals surface area contributed by atoms with Crippen LogP contribution in [0.4, 0.5) is 0 Å². The smallest absolute Gasteiger partial charge is 0.295 e. The van der Waals surface area contributed by atoms with Crippen LogP contribution in [0.2, 0.25) is 0 Å². The Hall–Kier alpha value is -3.04. The highest BCUT2D eigenvalue weighted by Crippen LogP contribution is 2.26. The molecule has 0 radical (unpaired) electrons. The maximum Gasteiger partial charge on any atom is 0.295 e. The molecule has 1 aliphatic rings. The first-order valence-electron chi connectivity index (χ1n) is 10.5. The van der Waals surface area contributed by atoms with Crippen molar-refractivity contribution in [1.82, 2.24) is 19.2 Å². The number of Topliss-reactive ketones (excluding diaryl/α,β-unsaturated/α-hetero) is 1. The Morgan fingerprint density at radius 2 is 1.66 bits per heavy atom. The minimum Gasteiger partial charge on any atom is -0.345 e. The first-order chi connectivity index (χ1) is 15.1. The lowest BCUT2D eigenvalue weighted by molar-refractivity contribution is -0.127. The van der Waals surface area contributed by atoms with Gasteiger partial charge in [-0.2, -0.15) is 4.31 Å². The SMILES string of the molecule is CC(C)(C)c1ccc(C(=O)C(=O)N2CCN(S(=O)(=O)c3c[nH]c4ncccc34)CC2)cc1. The third kappa shape index (κ3) is 4.05. The van der Waals surface area contributed by atoms with Crippen LogP contribution in [0.1, 0.15) is 36.7 Å². The number of fused-ring (bicyclic) bond motifs is 1. The number of hydrogen-bond acceptors (Lipinski definition) is 5. The number of H-pyrrole nitrogens is 1. The zero-order valence-electron chi connectivity index (χ0n) is 18.3. The second kappa shape index (κ2) is 8.14. The van der Waals surface area contributed by atoms with Gasteiger partial charge >= 0.3 is 0 Å². The third-order valence-corrected chi connectivity index (χ3v) is 7.70. The van der Waals surface area contributed by atoms with E-state index in [0.717, 1.165) is 5.56 Å². The van der Waals surface area contributed by atoms with Gasteiger partial charge in [-0.05, 0) is 23.1 Å². The maximum absolute atomic E-state index is 13.1. The van der Waals surface area contributed by atoms with Crippen LogP contribution >= 0.6 is 0 Å². The highest BCUT2D eigenvalue weighted by molar-refractivity contribution is 7.89. The van der Waals surface area contributed by atoms with Gasteiger partial charge in [0.1, 0.15) is 10.5 Å². The van der Waals surface area contributed by atoms with Crippen molar-refractivity contribution in [1.29, 1.82) is 0 Å². The number of aromatic nitrogens is 2. The molecule has 0 saturated carbocycles. The lowest BCUT2D eigenvalue weighted by Gasteiger charge is -2.33. The Kier molecular flexibility index (Phi) is 5.64. The number of benzene rings is 1. The van der Waals surface area contributed by atoms with Crippen LogP contribution < -0.4 is 0 Å². The molecule has 8 nitrogen and oxygen atoms in total. The second-order valence-corrected chi connectivity index (χ2v) is 10.8. The van der Waals surface area contributed by atoms with Crippen molar-refractivity contribution >= 4 is 32.7 Å². The zero-order chi connectivity index (χ0) is 23.1. The molecule has 0 bridgehead atoms. The molecule has 1 N–H and O–H groups in total. The fourth-order valence-electron chi connectivity index (χ4n) is 3.80. The highest BCUT2D eigenvalue weighted by atomic mass is 32.2. The quantitative estimate of drug-likeness (QED) is 0.482. The fourth-order valence-corrected chi connectivity index (χ4v) is 5.38. The number of rotatable bonds is 4. The van der Waals surface area contributed by atoms with Crippen molar-refractivity contribution in [3.8, 4) is 0 Å². The molecule has 0 aliphatic carbocycles. The largest absolute Gasteiger partial charge is 0.345 e. The van der Waals surface area contributed by atoms with Crippen molar-refractivity contribution in [3.05, 3.63) is 59.9 Å². The molecular formula is C23H26N4O4S. The standard InChI is InChI=1S/C23H26N4O4S/c1-23(2,3)17-8-6-16(7-9-17)20(28)22(29)26-11-13-27(14-12-26)32(30,31)19-15-25-21-18(19)5-4-10-24-21/h4-10,15H,11-14H2,1-3H3,(H,24,25). The number of nitrogens with zero attached hydrogens (tertiary/aromatic N) is 3. The van der Waals surface area contributed by atoms with Gasteiger partial charge in [0.15, 0.2) is 0 Å². The van der Waals surface area contributed by atoms with Crippen LogP contribution in [0, 0.1) is 0 Å². The second-order valence-electron chi connectivity index (χ2n) is 8.91. The molecule has 4 rings (SSSR count). The number of ketones is 1. The summed E-state index contributed by atoms with van der Waals surface area (Å²) in [6, 6.07) is 10.5. The molecule has 0 atom stereocenters. The van der Waals surface area contributed by atoms with E-state index in [-0.39, 0.29) is 36.5 Å². The van der Waals surface area contributed by atoms with E-state index < -0.39 is 21.7 Å². The molecule has 1 aliphatic heterocycles. The number of pyridine rings is 1. The van der Waals surface area contributed by atoms with Gasteiger partial charge in [-0.3, -0.25) is 9.59 Å². The maximum atomic E-state index is 13.1. The lowest BCUT2D eigenvalue weighted by Crippen LogP contribution is -2.52. The highest BCUT2D eigenvalue weighted by Gasteiger charge is 2.33. The Morgan fingerprint density at radius 3 is 2.28 bits per heavy atom. The Morgan fingerprint density at radius 1 is 1.00 bits per heavy atom. The Balaban J connectivity index is 1.44. The van der Waals surface area contributed by atoms with Crippen molar-refractivity contribution in [2.45, 2.75) is 31.1 Å². The summed E-state index contributed by atoms with van der Waals surface area (Å²) < 4.78 is 27.6. The van der Waals surface area contributed by atoms with Gasteiger partial charge in [0.05, 0.1) is 0 Å². The van der Waals surface area contributed by atoms with Crippen LogP contribution in [0.5, 0.6) is 0 Å². The van der Waals surface area contributed by atoms with Gasteiger partial charge < -0.3 is 9.88 Å². The molecule has 1 saturated heterocycles. The van der Waals surface area contributed by atoms with E-state index in [9.17, 15) is 18.0 Å². The molecule has 3 aromatic rings. The summed E-state index contributed by atoms with van der Waals surface area (Å²) in [5.41, 5.74) is 1.87. The molecule has 168 valence electrons. The summed E-state index contributed by atoms with van der Waals surface area (Å²) >= 11 is 0. The van der Waals surface area contributed by atoms with Crippen molar-refractivity contribution in [2.75, 3.05) is 26.2 Å². The van der Waals surface area contributed by atoms with E-state index in [2.05, 4.69) is 30.7 Å². The first-order valence-corrected chi connectivity index (χ1v) is 11.9. The van der Waals surface area contributed by atoms with Gasteiger partial charge in [-0.25, -0.2) is 13.4 Å². The van der Waals surface area contributed by atoms with Gasteiger partial charge in [0, 0.05) is 49.5 Å². The van der Waals surface area contributed by atoms with Crippen molar-refractivity contribution in [3.63, 3.8) is 0 Å². The normalized spacial score (nSPS) is 15.8. The van der Waals surface area contributed by atoms with E-state index in [4.69, 9.17) is 0 Å². The van der Waals surface area contributed by atoms with E-state index >= 15 is 0 Å². The molecule has 1 fully saturated rings. The Bertz CT molecular complexity index is 1270. The zero-order valence-corrected chi connectivity index (χ0v) is 19.1. The van der Waals surface area contributed by atoms with E-state index in [0.29, 0.717) is 16.6 Å². The number of hydrogen-bond donors (Lipinski definition) is 1. The molecule has 1 amide bonds. The number of carbonyl (C=O) groups excluding carboxylic acids is 2. The van der Waals surface area contributed by atoms with Gasteiger partial charge in [-0.1, -0.05) is 45.0 Å². The average Bonchev–Trinajstić information content (AvgIpc) is 3.23. The summed E-state index contributed by atoms with van der Waals surface area (Å²) in [5.74, 6) is -1.19. The molecule has 3 heterocycles. The van der Waals surface area contributed by atoms with Gasteiger partial charge in [0.2, 0.25) is 15.8 Å². The van der Waals surface area contributed by atoms with Crippen LogP contribution in [-0.2, 0) is 20.2 Å². The molecule has 0 spiro atoms. The van der Waals surface area contributed by atoms with Gasteiger partial charge in [0.25, 0.3) is 5.91 Å². The molecule has 2 aromatic heterocycles. The first kappa shape index (κ1) is 22.2. The fraction of sp³-hybridized carbons (Fsp3) is 0.348. The van der Waals surface area contributed by atoms with E-state index in [1.807, 2.05) is 12.1 Å². The monoisotopic (exact) mass is 454 g/mol. The Labute approximate surface area is 187 Å². The molecule has 32 heavy (non-hydrogen) atoms. The number of piperazine rings is 1. The summed E-state index contributed by atoms with van der Waals surface area (Å²) in [6.45, 7) is 6.80. The number of aromatic amines is 1. The number of amides is 1. The minimum absolute atomic E-state index is 0.0474. The third-order valence-electron chi connectivity index (χ3n) is 5.76. The molecule has 1 aromatic carbocycles. The molecule has 9 heteroatoms. The average molecular weight is 455 g/mol. The minimum atomic E-state index is -3.75. The molecular weight excluding hydrogens is 428 g/mol. The lowest BCUT2D eigenvalue weighted by atomic mass is 9.86. The summed E-state index contributed by atoms with van der Waals surface area (Å²) in [4.78, 5) is 34.0. The number of carbonyl (C=O) groups is 2. The summed E-state index contributed by atoms with van der Waals surface area (Å²) in [5, 5.41) is 0.528. The van der Waals surface area contributed by atoms with Crippen LogP contribution in [-0.4, -0.2) is 65.5 Å². The predicted molar refractivity (Wildman–Crippen MR) is 121 cm³/mol. The molecule has 0 unspecified atom stereocenters. The number of sulfonamides is 1. The van der Waals surface area contributed by atoms with E-state index in [1.165, 1.54) is 15.4 Å². The topological polar surface area (TPSA) is 103 Å². The van der Waals surface area contributed by atoms with Crippen molar-refractivity contribution in [2.24, 2.45) is 0 Å². The van der Waals surface area contributed by atoms with Crippen LogP contribution in [0.3, 0.4) is 0 Å². The summed E-state index contributed by atoms with van der Waals surface area (Å²) in [6.07, 6.45) is 3.03.